The van der Waals surface area contributed by atoms with Crippen molar-refractivity contribution in [2.75, 3.05) is 11.9 Å². The Morgan fingerprint density at radius 2 is 1.93 bits per heavy atom. The number of nitro benzene ring substituents is 1. The van der Waals surface area contributed by atoms with Crippen molar-refractivity contribution in [2.24, 2.45) is 0 Å². The second-order valence-corrected chi connectivity index (χ2v) is 7.68. The molecular formula is C16H19N5O6S. The molecule has 0 bridgehead atoms. The van der Waals surface area contributed by atoms with Crippen molar-refractivity contribution in [2.45, 2.75) is 31.6 Å². The summed E-state index contributed by atoms with van der Waals surface area (Å²) in [6.45, 7) is 2.98. The Labute approximate surface area is 160 Å². The van der Waals surface area contributed by atoms with Crippen LogP contribution in [0.2, 0.25) is 0 Å². The predicted molar refractivity (Wildman–Crippen MR) is 101 cm³/mol. The highest BCUT2D eigenvalue weighted by Gasteiger charge is 2.16. The lowest BCUT2D eigenvalue weighted by molar-refractivity contribution is -0.384. The summed E-state index contributed by atoms with van der Waals surface area (Å²) in [5, 5.41) is 13.0. The van der Waals surface area contributed by atoms with Crippen LogP contribution in [0.25, 0.3) is 0 Å². The first-order valence-electron chi connectivity index (χ1n) is 8.21. The van der Waals surface area contributed by atoms with E-state index in [0.717, 1.165) is 24.3 Å². The summed E-state index contributed by atoms with van der Waals surface area (Å²) in [7, 11) is -3.82. The molecule has 1 aromatic heterocycles. The molecule has 0 radical (unpaired) electrons. The Balaban J connectivity index is 1.97. The second kappa shape index (κ2) is 8.71. The van der Waals surface area contributed by atoms with Gasteiger partial charge in [0.05, 0.1) is 9.82 Å². The molecule has 0 spiro atoms. The SMILES string of the molecule is CC(=O)Nc1nc(C)c(CCCNS(=O)(=O)c2ccc([N+](=O)[O-])cc2)c(=O)[nH]1. The average molecular weight is 409 g/mol. The van der Waals surface area contributed by atoms with Crippen LogP contribution in [-0.4, -0.2) is 35.8 Å². The highest BCUT2D eigenvalue weighted by molar-refractivity contribution is 7.89. The van der Waals surface area contributed by atoms with Crippen LogP contribution in [-0.2, 0) is 21.2 Å². The second-order valence-electron chi connectivity index (χ2n) is 5.91. The van der Waals surface area contributed by atoms with Gasteiger partial charge in [-0.2, -0.15) is 0 Å². The van der Waals surface area contributed by atoms with Crippen LogP contribution in [0.1, 0.15) is 24.6 Å². The van der Waals surface area contributed by atoms with Crippen LogP contribution in [0.3, 0.4) is 0 Å². The normalized spacial score (nSPS) is 11.2. The zero-order valence-electron chi connectivity index (χ0n) is 15.2. The number of nitrogens with zero attached hydrogens (tertiary/aromatic N) is 2. The molecule has 1 aromatic carbocycles. The molecule has 0 fully saturated rings. The van der Waals surface area contributed by atoms with Gasteiger partial charge in [0.25, 0.3) is 11.2 Å². The van der Waals surface area contributed by atoms with Crippen molar-refractivity contribution >= 4 is 27.6 Å². The molecule has 2 rings (SSSR count). The van der Waals surface area contributed by atoms with Crippen molar-refractivity contribution < 1.29 is 18.1 Å². The Morgan fingerprint density at radius 3 is 2.46 bits per heavy atom. The third-order valence-corrected chi connectivity index (χ3v) is 5.25. The monoisotopic (exact) mass is 409 g/mol. The number of anilines is 1. The number of nitro groups is 1. The van der Waals surface area contributed by atoms with Crippen LogP contribution in [0.5, 0.6) is 0 Å². The molecule has 1 amide bonds. The van der Waals surface area contributed by atoms with Crippen LogP contribution < -0.4 is 15.6 Å². The quantitative estimate of drug-likeness (QED) is 0.330. The number of hydrogen-bond donors (Lipinski definition) is 3. The Hall–Kier alpha value is -3.12. The van der Waals surface area contributed by atoms with Gasteiger partial charge in [0.15, 0.2) is 0 Å². The van der Waals surface area contributed by atoms with E-state index in [1.807, 2.05) is 0 Å². The smallest absolute Gasteiger partial charge is 0.269 e. The Morgan fingerprint density at radius 1 is 1.29 bits per heavy atom. The zero-order chi connectivity index (χ0) is 20.9. The minimum atomic E-state index is -3.82. The predicted octanol–water partition coefficient (Wildman–Crippen LogP) is 0.856. The van der Waals surface area contributed by atoms with Crippen molar-refractivity contribution in [1.29, 1.82) is 0 Å². The summed E-state index contributed by atoms with van der Waals surface area (Å²) in [5.41, 5.74) is 0.215. The standard InChI is InChI=1S/C16H19N5O6S/c1-10-14(15(23)20-16(18-10)19-11(2)22)4-3-9-17-28(26,27)13-7-5-12(6-8-13)21(24)25/h5-8,17H,3-4,9H2,1-2H3,(H2,18,19,20,22,23). The molecule has 1 heterocycles. The van der Waals surface area contributed by atoms with E-state index in [-0.39, 0.29) is 35.4 Å². The van der Waals surface area contributed by atoms with Gasteiger partial charge in [0, 0.05) is 36.9 Å². The van der Waals surface area contributed by atoms with Crippen LogP contribution in [0.15, 0.2) is 34.0 Å². The first-order valence-corrected chi connectivity index (χ1v) is 9.70. The minimum Gasteiger partial charge on any atom is -0.296 e. The number of carbonyl (C=O) groups is 1. The number of aromatic nitrogens is 2. The maximum absolute atomic E-state index is 12.2. The van der Waals surface area contributed by atoms with Gasteiger partial charge >= 0.3 is 0 Å². The molecule has 0 aliphatic carbocycles. The lowest BCUT2D eigenvalue weighted by Gasteiger charge is -2.09. The molecule has 3 N–H and O–H groups in total. The number of sulfonamides is 1. The first kappa shape index (κ1) is 21.2. The van der Waals surface area contributed by atoms with Crippen LogP contribution in [0.4, 0.5) is 11.6 Å². The number of carbonyl (C=O) groups excluding carboxylic acids is 1. The molecule has 2 aromatic rings. The summed E-state index contributed by atoms with van der Waals surface area (Å²) in [5.74, 6) is -0.312. The van der Waals surface area contributed by atoms with E-state index in [2.05, 4.69) is 20.0 Å². The Kier molecular flexibility index (Phi) is 6.59. The minimum absolute atomic E-state index is 0.0534. The Bertz CT molecular complexity index is 1050. The molecule has 0 atom stereocenters. The number of hydrogen-bond acceptors (Lipinski definition) is 7. The summed E-state index contributed by atoms with van der Waals surface area (Å²) in [6, 6.07) is 4.53. The molecule has 0 saturated heterocycles. The van der Waals surface area contributed by atoms with E-state index >= 15 is 0 Å². The molecule has 28 heavy (non-hydrogen) atoms. The molecular weight excluding hydrogens is 390 g/mol. The van der Waals surface area contributed by atoms with E-state index in [0.29, 0.717) is 17.7 Å². The summed E-state index contributed by atoms with van der Waals surface area (Å²) >= 11 is 0. The largest absolute Gasteiger partial charge is 0.296 e. The van der Waals surface area contributed by atoms with Crippen molar-refractivity contribution in [1.82, 2.24) is 14.7 Å². The fourth-order valence-corrected chi connectivity index (χ4v) is 3.51. The molecule has 12 heteroatoms. The third-order valence-electron chi connectivity index (χ3n) is 3.77. The number of benzene rings is 1. The van der Waals surface area contributed by atoms with Gasteiger partial charge in [0.2, 0.25) is 21.9 Å². The summed E-state index contributed by atoms with van der Waals surface area (Å²) < 4.78 is 26.8. The number of rotatable bonds is 8. The number of nitrogens with one attached hydrogen (secondary N) is 3. The number of aromatic amines is 1. The van der Waals surface area contributed by atoms with E-state index in [1.54, 1.807) is 6.92 Å². The van der Waals surface area contributed by atoms with Gasteiger partial charge in [0.1, 0.15) is 0 Å². The van der Waals surface area contributed by atoms with Gasteiger partial charge in [-0.25, -0.2) is 18.1 Å². The summed E-state index contributed by atoms with van der Waals surface area (Å²) in [6.07, 6.45) is 0.606. The molecule has 0 aliphatic rings. The molecule has 0 unspecified atom stereocenters. The lowest BCUT2D eigenvalue weighted by Crippen LogP contribution is -2.26. The third kappa shape index (κ3) is 5.44. The van der Waals surface area contributed by atoms with Gasteiger partial charge in [-0.3, -0.25) is 30.0 Å². The fraction of sp³-hybridized carbons (Fsp3) is 0.312. The van der Waals surface area contributed by atoms with E-state index in [1.165, 1.54) is 6.92 Å². The molecule has 11 nitrogen and oxygen atoms in total. The van der Waals surface area contributed by atoms with E-state index in [9.17, 15) is 28.1 Å². The number of non-ortho nitro benzene ring substituents is 1. The van der Waals surface area contributed by atoms with Gasteiger partial charge in [-0.1, -0.05) is 0 Å². The fourth-order valence-electron chi connectivity index (χ4n) is 2.43. The van der Waals surface area contributed by atoms with Crippen LogP contribution in [0, 0.1) is 17.0 Å². The van der Waals surface area contributed by atoms with E-state index < -0.39 is 20.5 Å². The topological polar surface area (TPSA) is 164 Å². The van der Waals surface area contributed by atoms with E-state index in [4.69, 9.17) is 0 Å². The average Bonchev–Trinajstić information content (AvgIpc) is 2.60. The lowest BCUT2D eigenvalue weighted by atomic mass is 10.1. The van der Waals surface area contributed by atoms with Crippen LogP contribution >= 0.6 is 0 Å². The maximum atomic E-state index is 12.2. The highest BCUT2D eigenvalue weighted by atomic mass is 32.2. The zero-order valence-corrected chi connectivity index (χ0v) is 16.0. The molecule has 150 valence electrons. The van der Waals surface area contributed by atoms with Gasteiger partial charge < -0.3 is 0 Å². The highest BCUT2D eigenvalue weighted by Crippen LogP contribution is 2.15. The van der Waals surface area contributed by atoms with Gasteiger partial charge in [-0.05, 0) is 31.9 Å². The summed E-state index contributed by atoms with van der Waals surface area (Å²) in [4.78, 5) is 39.6. The maximum Gasteiger partial charge on any atom is 0.269 e. The van der Waals surface area contributed by atoms with Crippen molar-refractivity contribution in [3.05, 3.63) is 56.0 Å². The van der Waals surface area contributed by atoms with Crippen molar-refractivity contribution in [3.63, 3.8) is 0 Å². The number of amides is 1. The number of aryl methyl sites for hydroxylation is 1. The van der Waals surface area contributed by atoms with Crippen molar-refractivity contribution in [3.8, 4) is 0 Å². The molecule has 0 aliphatic heterocycles. The molecule has 0 saturated carbocycles. The first-order chi connectivity index (χ1) is 13.1. The van der Waals surface area contributed by atoms with Gasteiger partial charge in [-0.15, -0.1) is 0 Å². The number of H-pyrrole nitrogens is 1.